The van der Waals surface area contributed by atoms with Gasteiger partial charge < -0.3 is 18.5 Å². The molecule has 0 aromatic heterocycles. The van der Waals surface area contributed by atoms with E-state index in [-0.39, 0.29) is 19.1 Å². The first-order chi connectivity index (χ1) is 19.7. The summed E-state index contributed by atoms with van der Waals surface area (Å²) in [5.41, 5.74) is 2.72. The Bertz CT molecular complexity index is 1130. The summed E-state index contributed by atoms with van der Waals surface area (Å²) in [5, 5.41) is 5.60. The molecule has 3 unspecified atom stereocenters. The SMILES string of the molecule is CCCCCc1cc(OP(C)(=O)N[C@@H](C)C(=O)OCC)c(C2C=C(C)CCC2)c(OP(C)(=O)N[C@@H](C)C(=O)OCC)c1. The molecule has 0 saturated carbocycles. The Morgan fingerprint density at radius 3 is 1.83 bits per heavy atom. The molecule has 0 saturated heterocycles. The average Bonchev–Trinajstić information content (AvgIpc) is 2.88. The Balaban J connectivity index is 2.60. The van der Waals surface area contributed by atoms with Gasteiger partial charge >= 0.3 is 27.0 Å². The number of esters is 2. The van der Waals surface area contributed by atoms with Gasteiger partial charge in [0.25, 0.3) is 0 Å². The fourth-order valence-electron chi connectivity index (χ4n) is 5.01. The van der Waals surface area contributed by atoms with Crippen LogP contribution in [0.4, 0.5) is 0 Å². The third-order valence-corrected chi connectivity index (χ3v) is 9.66. The van der Waals surface area contributed by atoms with Gasteiger partial charge in [0, 0.05) is 24.8 Å². The maximum atomic E-state index is 13.7. The molecular formula is C30H50N2O8P2. The summed E-state index contributed by atoms with van der Waals surface area (Å²) in [6, 6.07) is 2.04. The Morgan fingerprint density at radius 2 is 1.40 bits per heavy atom. The highest BCUT2D eigenvalue weighted by atomic mass is 31.2. The van der Waals surface area contributed by atoms with Crippen LogP contribution in [-0.4, -0.2) is 50.6 Å². The van der Waals surface area contributed by atoms with Crippen molar-refractivity contribution in [3.05, 3.63) is 34.9 Å². The normalized spacial score (nSPS) is 19.4. The zero-order valence-corrected chi connectivity index (χ0v) is 28.3. The monoisotopic (exact) mass is 628 g/mol. The van der Waals surface area contributed by atoms with Gasteiger partial charge in [-0.3, -0.25) is 18.7 Å². The van der Waals surface area contributed by atoms with Crippen LogP contribution in [0, 0.1) is 0 Å². The van der Waals surface area contributed by atoms with Gasteiger partial charge in [0.05, 0.1) is 13.2 Å². The number of hydrogen-bond acceptors (Lipinski definition) is 8. The smallest absolute Gasteiger partial charge is 0.323 e. The minimum atomic E-state index is -3.58. The standard InChI is InChI=1S/C30H50N2O8P2/c1-9-12-13-16-24-19-26(39-41(7,35)31-22(5)29(33)37-10-2)28(25-17-14-15-21(4)18-25)27(20-24)40-42(8,36)32-23(6)30(34)38-11-3/h18-20,22-23,25H,9-17H2,1-8H3,(H,31,35)(H,32,36)/t22-,23-,25?,41?,42?/m0/s1. The number of unbranched alkanes of at least 4 members (excludes halogenated alkanes) is 2. The molecule has 1 aliphatic carbocycles. The van der Waals surface area contributed by atoms with Crippen molar-refractivity contribution >= 4 is 27.0 Å². The molecule has 1 aromatic rings. The molecule has 238 valence electrons. The number of carbonyl (C=O) groups excluding carboxylic acids is 2. The van der Waals surface area contributed by atoms with E-state index in [9.17, 15) is 18.7 Å². The summed E-state index contributed by atoms with van der Waals surface area (Å²) in [4.78, 5) is 24.5. The van der Waals surface area contributed by atoms with E-state index in [0.717, 1.165) is 44.1 Å². The van der Waals surface area contributed by atoms with Gasteiger partial charge in [-0.1, -0.05) is 31.4 Å². The average molecular weight is 629 g/mol. The van der Waals surface area contributed by atoms with Gasteiger partial charge in [0.15, 0.2) is 0 Å². The van der Waals surface area contributed by atoms with E-state index in [4.69, 9.17) is 18.5 Å². The molecule has 0 heterocycles. The Labute approximate surface area is 251 Å². The van der Waals surface area contributed by atoms with Crippen molar-refractivity contribution in [1.82, 2.24) is 10.2 Å². The second kappa shape index (κ2) is 16.7. The molecule has 0 fully saturated rings. The van der Waals surface area contributed by atoms with Crippen molar-refractivity contribution < 1.29 is 37.2 Å². The molecular weight excluding hydrogens is 578 g/mol. The van der Waals surface area contributed by atoms with Crippen LogP contribution < -0.4 is 19.2 Å². The van der Waals surface area contributed by atoms with Gasteiger partial charge in [-0.25, -0.2) is 10.2 Å². The van der Waals surface area contributed by atoms with Crippen molar-refractivity contribution in [1.29, 1.82) is 0 Å². The van der Waals surface area contributed by atoms with E-state index in [0.29, 0.717) is 23.5 Å². The second-order valence-corrected chi connectivity index (χ2v) is 15.3. The number of rotatable bonds is 17. The van der Waals surface area contributed by atoms with Crippen LogP contribution in [0.3, 0.4) is 0 Å². The highest BCUT2D eigenvalue weighted by Crippen LogP contribution is 2.51. The zero-order chi connectivity index (χ0) is 31.5. The number of hydrogen-bond donors (Lipinski definition) is 2. The van der Waals surface area contributed by atoms with E-state index >= 15 is 0 Å². The molecule has 5 atom stereocenters. The first-order valence-electron chi connectivity index (χ1n) is 15.0. The lowest BCUT2D eigenvalue weighted by Gasteiger charge is -2.29. The van der Waals surface area contributed by atoms with Crippen LogP contribution in [0.1, 0.15) is 97.1 Å². The quantitative estimate of drug-likeness (QED) is 0.0796. The molecule has 42 heavy (non-hydrogen) atoms. The molecule has 2 rings (SSSR count). The summed E-state index contributed by atoms with van der Waals surface area (Å²) in [5.74, 6) is -0.496. The number of aryl methyl sites for hydroxylation is 1. The topological polar surface area (TPSA) is 129 Å². The molecule has 1 aromatic carbocycles. The molecule has 12 heteroatoms. The van der Waals surface area contributed by atoms with Gasteiger partial charge in [-0.2, -0.15) is 0 Å². The summed E-state index contributed by atoms with van der Waals surface area (Å²) in [7, 11) is -7.16. The van der Waals surface area contributed by atoms with Gasteiger partial charge in [0.1, 0.15) is 23.6 Å². The van der Waals surface area contributed by atoms with E-state index in [1.807, 2.05) is 12.1 Å². The van der Waals surface area contributed by atoms with Crippen LogP contribution in [0.5, 0.6) is 11.5 Å². The molecule has 2 N–H and O–H groups in total. The fourth-order valence-corrected chi connectivity index (χ4v) is 7.78. The number of nitrogens with one attached hydrogen (secondary N) is 2. The third-order valence-electron chi connectivity index (χ3n) is 6.86. The predicted octanol–water partition coefficient (Wildman–Crippen LogP) is 7.12. The lowest BCUT2D eigenvalue weighted by atomic mass is 9.84. The first kappa shape index (κ1) is 36.1. The van der Waals surface area contributed by atoms with Crippen molar-refractivity contribution in [2.45, 2.75) is 104 Å². The summed E-state index contributed by atoms with van der Waals surface area (Å²) in [6.45, 7) is 14.0. The molecule has 10 nitrogen and oxygen atoms in total. The summed E-state index contributed by atoms with van der Waals surface area (Å²) < 4.78 is 50.0. The van der Waals surface area contributed by atoms with Gasteiger partial charge in [-0.15, -0.1) is 0 Å². The number of carbonyl (C=O) groups is 2. The molecule has 0 radical (unpaired) electrons. The fraction of sp³-hybridized carbons (Fsp3) is 0.667. The first-order valence-corrected chi connectivity index (χ1v) is 19.1. The van der Waals surface area contributed by atoms with Gasteiger partial charge in [0.2, 0.25) is 0 Å². The van der Waals surface area contributed by atoms with E-state index in [1.165, 1.54) is 18.9 Å². The number of benzene rings is 1. The lowest BCUT2D eigenvalue weighted by Crippen LogP contribution is -2.34. The van der Waals surface area contributed by atoms with Crippen molar-refractivity contribution in [2.24, 2.45) is 0 Å². The highest BCUT2D eigenvalue weighted by Gasteiger charge is 2.32. The van der Waals surface area contributed by atoms with E-state index < -0.39 is 39.1 Å². The molecule has 0 spiro atoms. The third kappa shape index (κ3) is 11.5. The lowest BCUT2D eigenvalue weighted by molar-refractivity contribution is -0.145. The zero-order valence-electron chi connectivity index (χ0n) is 26.5. The molecule has 0 bridgehead atoms. The maximum Gasteiger partial charge on any atom is 0.323 e. The van der Waals surface area contributed by atoms with Crippen LogP contribution in [0.25, 0.3) is 0 Å². The Hall–Kier alpha value is -2.12. The summed E-state index contributed by atoms with van der Waals surface area (Å²) >= 11 is 0. The predicted molar refractivity (Wildman–Crippen MR) is 167 cm³/mol. The van der Waals surface area contributed by atoms with E-state index in [1.54, 1.807) is 27.7 Å². The minimum absolute atomic E-state index is 0.140. The van der Waals surface area contributed by atoms with Crippen LogP contribution in [0.15, 0.2) is 23.8 Å². The Kier molecular flexibility index (Phi) is 14.3. The van der Waals surface area contributed by atoms with Crippen LogP contribution in [0.2, 0.25) is 0 Å². The van der Waals surface area contributed by atoms with Crippen molar-refractivity contribution in [2.75, 3.05) is 26.5 Å². The minimum Gasteiger partial charge on any atom is -0.465 e. The Morgan fingerprint density at radius 1 is 0.905 bits per heavy atom. The summed E-state index contributed by atoms with van der Waals surface area (Å²) in [6.07, 6.45) is 8.52. The number of ether oxygens (including phenoxy) is 2. The van der Waals surface area contributed by atoms with Crippen LogP contribution in [-0.2, 0) is 34.6 Å². The molecule has 0 amide bonds. The largest absolute Gasteiger partial charge is 0.465 e. The molecule has 1 aliphatic rings. The highest BCUT2D eigenvalue weighted by molar-refractivity contribution is 7.56. The number of allylic oxidation sites excluding steroid dienone is 2. The van der Waals surface area contributed by atoms with E-state index in [2.05, 4.69) is 30.1 Å². The van der Waals surface area contributed by atoms with Crippen molar-refractivity contribution in [3.63, 3.8) is 0 Å². The maximum absolute atomic E-state index is 13.7. The van der Waals surface area contributed by atoms with Gasteiger partial charge in [-0.05, 0) is 84.4 Å². The van der Waals surface area contributed by atoms with Crippen molar-refractivity contribution in [3.8, 4) is 11.5 Å². The second-order valence-electron chi connectivity index (χ2n) is 11.1. The molecule has 0 aliphatic heterocycles. The van der Waals surface area contributed by atoms with Crippen LogP contribution >= 0.6 is 15.0 Å².